The lowest BCUT2D eigenvalue weighted by atomic mass is 9.86. The summed E-state index contributed by atoms with van der Waals surface area (Å²) >= 11 is 0. The van der Waals surface area contributed by atoms with Gasteiger partial charge in [-0.05, 0) is 42.2 Å². The van der Waals surface area contributed by atoms with Crippen LogP contribution in [0, 0.1) is 10.1 Å². The molecule has 1 atom stereocenters. The number of benzene rings is 2. The number of hydrogen-bond acceptors (Lipinski definition) is 5. The molecule has 0 aliphatic carbocycles. The van der Waals surface area contributed by atoms with Gasteiger partial charge in [0.2, 0.25) is 0 Å². The van der Waals surface area contributed by atoms with Crippen LogP contribution in [-0.4, -0.2) is 22.4 Å². The number of rotatable bonds is 4. The molecule has 1 unspecified atom stereocenters. The number of ether oxygens (including phenoxy) is 1. The van der Waals surface area contributed by atoms with Gasteiger partial charge in [-0.25, -0.2) is 4.79 Å². The summed E-state index contributed by atoms with van der Waals surface area (Å²) in [6, 6.07) is 11.1. The van der Waals surface area contributed by atoms with E-state index in [9.17, 15) is 19.7 Å². The molecule has 140 valence electrons. The van der Waals surface area contributed by atoms with E-state index in [1.54, 1.807) is 13.0 Å². The van der Waals surface area contributed by atoms with Crippen LogP contribution in [0.1, 0.15) is 48.2 Å². The summed E-state index contributed by atoms with van der Waals surface area (Å²) in [5, 5.41) is 13.4. The van der Waals surface area contributed by atoms with Gasteiger partial charge in [0.15, 0.2) is 5.60 Å². The Labute approximate surface area is 156 Å². The summed E-state index contributed by atoms with van der Waals surface area (Å²) in [4.78, 5) is 35.3. The molecule has 0 saturated heterocycles. The number of hydrogen-bond donors (Lipinski definition) is 1. The highest BCUT2D eigenvalue weighted by atomic mass is 16.6. The molecule has 3 rings (SSSR count). The Balaban J connectivity index is 1.83. The zero-order chi connectivity index (χ0) is 19.8. The van der Waals surface area contributed by atoms with Gasteiger partial charge in [0.1, 0.15) is 0 Å². The summed E-state index contributed by atoms with van der Waals surface area (Å²) in [5.41, 5.74) is 1.30. The smallest absolute Gasteiger partial charge is 0.339 e. The molecule has 7 nitrogen and oxygen atoms in total. The first-order valence-corrected chi connectivity index (χ1v) is 8.62. The molecule has 0 spiro atoms. The number of amides is 1. The van der Waals surface area contributed by atoms with Crippen molar-refractivity contribution in [3.8, 4) is 0 Å². The van der Waals surface area contributed by atoms with E-state index < -0.39 is 22.4 Å². The molecule has 0 aromatic heterocycles. The normalized spacial score (nSPS) is 18.6. The number of anilines is 1. The molecular weight excluding hydrogens is 348 g/mol. The van der Waals surface area contributed by atoms with Gasteiger partial charge in [-0.3, -0.25) is 14.9 Å². The van der Waals surface area contributed by atoms with Crippen LogP contribution in [0.25, 0.3) is 0 Å². The largest absolute Gasteiger partial charge is 0.445 e. The standard InChI is InChI=1S/C20H20N2O5/c1-12(2)13-4-9-17-14(10-13)11-20(3,27-18(17)23)19(24)21-15-5-7-16(8-6-15)22(25)26/h4-10,12H,11H2,1-3H3,(H,21,24). The van der Waals surface area contributed by atoms with Crippen molar-refractivity contribution in [3.63, 3.8) is 0 Å². The molecule has 0 radical (unpaired) electrons. The Bertz CT molecular complexity index is 920. The van der Waals surface area contributed by atoms with E-state index in [1.807, 2.05) is 12.1 Å². The van der Waals surface area contributed by atoms with Crippen LogP contribution < -0.4 is 5.32 Å². The molecule has 2 aromatic rings. The molecule has 1 aliphatic heterocycles. The molecule has 1 amide bonds. The lowest BCUT2D eigenvalue weighted by Gasteiger charge is -2.33. The molecule has 0 bridgehead atoms. The maximum absolute atomic E-state index is 12.8. The van der Waals surface area contributed by atoms with Crippen LogP contribution >= 0.6 is 0 Å². The number of fused-ring (bicyclic) bond motifs is 1. The third kappa shape index (κ3) is 3.67. The van der Waals surface area contributed by atoms with Gasteiger partial charge in [0.05, 0.1) is 10.5 Å². The van der Waals surface area contributed by atoms with Crippen LogP contribution in [0.5, 0.6) is 0 Å². The minimum absolute atomic E-state index is 0.0709. The second-order valence-corrected chi connectivity index (χ2v) is 7.13. The summed E-state index contributed by atoms with van der Waals surface area (Å²) in [7, 11) is 0. The number of carbonyl (C=O) groups is 2. The quantitative estimate of drug-likeness (QED) is 0.502. The number of nitrogens with one attached hydrogen (secondary N) is 1. The number of nitrogens with zero attached hydrogens (tertiary/aromatic N) is 1. The Morgan fingerprint density at radius 1 is 1.22 bits per heavy atom. The highest BCUT2D eigenvalue weighted by molar-refractivity contribution is 6.02. The van der Waals surface area contributed by atoms with Gasteiger partial charge in [-0.15, -0.1) is 0 Å². The molecule has 1 aliphatic rings. The van der Waals surface area contributed by atoms with Crippen molar-refractivity contribution in [1.82, 2.24) is 0 Å². The Morgan fingerprint density at radius 3 is 2.48 bits per heavy atom. The third-order valence-corrected chi connectivity index (χ3v) is 4.68. The van der Waals surface area contributed by atoms with E-state index >= 15 is 0 Å². The van der Waals surface area contributed by atoms with Gasteiger partial charge in [-0.1, -0.05) is 26.0 Å². The average molecular weight is 368 g/mol. The fraction of sp³-hybridized carbons (Fsp3) is 0.300. The monoisotopic (exact) mass is 368 g/mol. The van der Waals surface area contributed by atoms with E-state index in [4.69, 9.17) is 4.74 Å². The minimum atomic E-state index is -1.36. The SMILES string of the molecule is CC(C)c1ccc2c(c1)CC(C)(C(=O)Nc1ccc([N+](=O)[O-])cc1)OC2=O. The van der Waals surface area contributed by atoms with E-state index in [0.29, 0.717) is 17.2 Å². The molecular formula is C20H20N2O5. The van der Waals surface area contributed by atoms with E-state index in [1.165, 1.54) is 24.3 Å². The number of carbonyl (C=O) groups excluding carboxylic acids is 2. The van der Waals surface area contributed by atoms with Crippen molar-refractivity contribution < 1.29 is 19.2 Å². The molecule has 1 N–H and O–H groups in total. The number of nitro benzene ring substituents is 1. The molecule has 27 heavy (non-hydrogen) atoms. The third-order valence-electron chi connectivity index (χ3n) is 4.68. The summed E-state index contributed by atoms with van der Waals surface area (Å²) in [6.07, 6.45) is 0.257. The number of non-ortho nitro benzene ring substituents is 1. The Kier molecular flexibility index (Phi) is 4.70. The summed E-state index contributed by atoms with van der Waals surface area (Å²) in [6.45, 7) is 5.68. The van der Waals surface area contributed by atoms with Gasteiger partial charge >= 0.3 is 5.97 Å². The molecule has 0 fully saturated rings. The zero-order valence-corrected chi connectivity index (χ0v) is 15.3. The Morgan fingerprint density at radius 2 is 1.89 bits per heavy atom. The average Bonchev–Trinajstić information content (AvgIpc) is 2.61. The second kappa shape index (κ2) is 6.83. The fourth-order valence-electron chi connectivity index (χ4n) is 3.03. The van der Waals surface area contributed by atoms with Crippen molar-refractivity contribution in [2.24, 2.45) is 0 Å². The lowest BCUT2D eigenvalue weighted by molar-refractivity contribution is -0.384. The van der Waals surface area contributed by atoms with Crippen LogP contribution in [0.15, 0.2) is 42.5 Å². The molecule has 2 aromatic carbocycles. The van der Waals surface area contributed by atoms with Gasteiger partial charge in [0, 0.05) is 24.2 Å². The maximum Gasteiger partial charge on any atom is 0.339 e. The van der Waals surface area contributed by atoms with Gasteiger partial charge in [0.25, 0.3) is 11.6 Å². The number of cyclic esters (lactones) is 1. The summed E-state index contributed by atoms with van der Waals surface area (Å²) in [5.74, 6) is -0.716. The fourth-order valence-corrected chi connectivity index (χ4v) is 3.03. The molecule has 0 saturated carbocycles. The maximum atomic E-state index is 12.8. The minimum Gasteiger partial charge on any atom is -0.445 e. The first kappa shape index (κ1) is 18.6. The second-order valence-electron chi connectivity index (χ2n) is 7.13. The highest BCUT2D eigenvalue weighted by Crippen LogP contribution is 2.31. The first-order chi connectivity index (χ1) is 12.7. The van der Waals surface area contributed by atoms with Crippen molar-refractivity contribution in [2.75, 3.05) is 5.32 Å². The summed E-state index contributed by atoms with van der Waals surface area (Å²) < 4.78 is 5.44. The van der Waals surface area contributed by atoms with Crippen LogP contribution in [0.2, 0.25) is 0 Å². The van der Waals surface area contributed by atoms with Gasteiger partial charge in [-0.2, -0.15) is 0 Å². The highest BCUT2D eigenvalue weighted by Gasteiger charge is 2.42. The van der Waals surface area contributed by atoms with Crippen molar-refractivity contribution in [3.05, 3.63) is 69.3 Å². The molecule has 1 heterocycles. The predicted molar refractivity (Wildman–Crippen MR) is 99.8 cm³/mol. The Hall–Kier alpha value is -3.22. The predicted octanol–water partition coefficient (Wildman–Crippen LogP) is 3.83. The molecule has 7 heteroatoms. The number of esters is 1. The van der Waals surface area contributed by atoms with Crippen molar-refractivity contribution in [1.29, 1.82) is 0 Å². The lowest BCUT2D eigenvalue weighted by Crippen LogP contribution is -2.49. The number of nitro groups is 1. The van der Waals surface area contributed by atoms with Crippen LogP contribution in [0.3, 0.4) is 0 Å². The van der Waals surface area contributed by atoms with E-state index in [-0.39, 0.29) is 12.1 Å². The van der Waals surface area contributed by atoms with Gasteiger partial charge < -0.3 is 10.1 Å². The van der Waals surface area contributed by atoms with Crippen LogP contribution in [0.4, 0.5) is 11.4 Å². The van der Waals surface area contributed by atoms with E-state index in [0.717, 1.165) is 11.1 Å². The van der Waals surface area contributed by atoms with E-state index in [2.05, 4.69) is 19.2 Å². The van der Waals surface area contributed by atoms with Crippen molar-refractivity contribution >= 4 is 23.3 Å². The van der Waals surface area contributed by atoms with Crippen molar-refractivity contribution in [2.45, 2.75) is 38.7 Å². The topological polar surface area (TPSA) is 98.5 Å². The van der Waals surface area contributed by atoms with Crippen LogP contribution in [-0.2, 0) is 16.0 Å². The zero-order valence-electron chi connectivity index (χ0n) is 15.3. The first-order valence-electron chi connectivity index (χ1n) is 8.62.